The van der Waals surface area contributed by atoms with Crippen LogP contribution in [0, 0.1) is 23.2 Å². The smallest absolute Gasteiger partial charge is 0.222 e. The van der Waals surface area contributed by atoms with Gasteiger partial charge in [-0.25, -0.2) is 4.39 Å². The molecule has 2 saturated carbocycles. The van der Waals surface area contributed by atoms with E-state index in [4.69, 9.17) is 0 Å². The van der Waals surface area contributed by atoms with Gasteiger partial charge in [-0.2, -0.15) is 0 Å². The van der Waals surface area contributed by atoms with Crippen LogP contribution < -0.4 is 0 Å². The Balaban J connectivity index is 1.11. The third-order valence-corrected chi connectivity index (χ3v) is 12.6. The van der Waals surface area contributed by atoms with Crippen molar-refractivity contribution < 1.29 is 19.4 Å². The molecule has 48 heavy (non-hydrogen) atoms. The second-order valence-electron chi connectivity index (χ2n) is 16.0. The van der Waals surface area contributed by atoms with Crippen LogP contribution in [0.25, 0.3) is 0 Å². The van der Waals surface area contributed by atoms with Crippen LogP contribution in [-0.4, -0.2) is 39.8 Å². The third-order valence-electron chi connectivity index (χ3n) is 12.6. The molecular formula is C43H64FNO3. The molecule has 0 saturated heterocycles. The molecule has 2 aromatic carbocycles. The largest absolute Gasteiger partial charge is 0.508 e. The van der Waals surface area contributed by atoms with Crippen molar-refractivity contribution in [3.63, 3.8) is 0 Å². The van der Waals surface area contributed by atoms with Crippen molar-refractivity contribution in [3.8, 4) is 5.75 Å². The Morgan fingerprint density at radius 2 is 1.58 bits per heavy atom. The van der Waals surface area contributed by atoms with Crippen LogP contribution in [0.1, 0.15) is 152 Å². The van der Waals surface area contributed by atoms with Gasteiger partial charge in [0, 0.05) is 25.4 Å². The minimum Gasteiger partial charge on any atom is -0.508 e. The molecule has 0 spiro atoms. The van der Waals surface area contributed by atoms with Crippen molar-refractivity contribution in [2.24, 2.45) is 23.2 Å². The normalized spacial score (nSPS) is 27.7. The first-order valence-corrected chi connectivity index (χ1v) is 19.8. The van der Waals surface area contributed by atoms with E-state index in [2.05, 4.69) is 43.0 Å². The predicted octanol–water partition coefficient (Wildman–Crippen LogP) is 10.7. The molecule has 2 N–H and O–H groups in total. The standard InChI is InChI=1S/C43H64FNO3/c1-3-4-5-6-7-8-9-10-17-22-40(48)45(31-32-19-14-13-15-20-32)27-18-12-11-16-21-33-28-34-29-35(46)23-24-36(34)42-38(44)30-43(2)37(41(33)42)25-26-39(43)47/h13-15,19-20,23-24,29,33,37-39,41-42,46-47H,3-12,16-18,21-22,25-28,30-31H2,1-2H3/t33?,37?,38?,39?,41?,42?,43-/m0/s1. The Labute approximate surface area is 290 Å². The molecule has 3 aliphatic carbocycles. The molecule has 0 aromatic heterocycles. The minimum atomic E-state index is -0.959. The number of phenolic OH excluding ortho intramolecular Hbond substituents is 1. The lowest BCUT2D eigenvalue weighted by Gasteiger charge is -2.54. The number of amides is 1. The van der Waals surface area contributed by atoms with Crippen molar-refractivity contribution in [2.75, 3.05) is 6.54 Å². The van der Waals surface area contributed by atoms with Crippen LogP contribution in [0.2, 0.25) is 0 Å². The molecule has 266 valence electrons. The summed E-state index contributed by atoms with van der Waals surface area (Å²) in [5.41, 5.74) is 3.07. The molecule has 4 nitrogen and oxygen atoms in total. The average molecular weight is 662 g/mol. The maximum Gasteiger partial charge on any atom is 0.222 e. The molecule has 5 rings (SSSR count). The fourth-order valence-corrected chi connectivity index (χ4v) is 9.94. The van der Waals surface area contributed by atoms with Gasteiger partial charge in [-0.1, -0.05) is 121 Å². The highest BCUT2D eigenvalue weighted by Gasteiger charge is 2.59. The lowest BCUT2D eigenvalue weighted by Crippen LogP contribution is -2.51. The zero-order valence-corrected chi connectivity index (χ0v) is 30.1. The highest BCUT2D eigenvalue weighted by atomic mass is 19.1. The number of hydrogen-bond acceptors (Lipinski definition) is 3. The highest BCUT2D eigenvalue weighted by molar-refractivity contribution is 5.76. The van der Waals surface area contributed by atoms with Crippen LogP contribution >= 0.6 is 0 Å². The van der Waals surface area contributed by atoms with Gasteiger partial charge in [0.15, 0.2) is 0 Å². The maximum atomic E-state index is 16.1. The van der Waals surface area contributed by atoms with E-state index < -0.39 is 12.3 Å². The Kier molecular flexibility index (Phi) is 13.8. The van der Waals surface area contributed by atoms with Gasteiger partial charge in [-0.15, -0.1) is 0 Å². The summed E-state index contributed by atoms with van der Waals surface area (Å²) in [6.07, 6.45) is 19.0. The molecule has 0 radical (unpaired) electrons. The number of carbonyl (C=O) groups is 1. The monoisotopic (exact) mass is 661 g/mol. The number of unbranched alkanes of at least 4 members (excludes halogenated alkanes) is 11. The predicted molar refractivity (Wildman–Crippen MR) is 195 cm³/mol. The number of aromatic hydroxyl groups is 1. The molecule has 7 atom stereocenters. The number of benzene rings is 2. The quantitative estimate of drug-likeness (QED) is 0.147. The summed E-state index contributed by atoms with van der Waals surface area (Å²) >= 11 is 0. The molecule has 3 aliphatic rings. The number of rotatable bonds is 19. The van der Waals surface area contributed by atoms with E-state index >= 15 is 4.39 Å². The SMILES string of the molecule is CCCCCCCCCCCC(=O)N(CCCCCCC1Cc2cc(O)ccc2C2C(F)C[C@]3(C)C(O)CCC3C12)Cc1ccccc1. The number of fused-ring (bicyclic) bond motifs is 5. The van der Waals surface area contributed by atoms with Gasteiger partial charge in [0.05, 0.1) is 6.10 Å². The molecule has 5 heteroatoms. The minimum absolute atomic E-state index is 0.133. The first-order valence-electron chi connectivity index (χ1n) is 19.8. The summed E-state index contributed by atoms with van der Waals surface area (Å²) in [6, 6.07) is 16.0. The van der Waals surface area contributed by atoms with Crippen LogP contribution in [-0.2, 0) is 17.8 Å². The number of hydrogen-bond donors (Lipinski definition) is 2. The third kappa shape index (κ3) is 9.23. The fourth-order valence-electron chi connectivity index (χ4n) is 9.94. The Morgan fingerprint density at radius 3 is 2.33 bits per heavy atom. The van der Waals surface area contributed by atoms with Crippen molar-refractivity contribution in [1.82, 2.24) is 4.90 Å². The number of aliphatic hydroxyl groups is 1. The van der Waals surface area contributed by atoms with E-state index in [1.807, 2.05) is 18.2 Å². The van der Waals surface area contributed by atoms with Gasteiger partial charge in [0.1, 0.15) is 11.9 Å². The Bertz CT molecular complexity index is 1270. The van der Waals surface area contributed by atoms with Gasteiger partial charge < -0.3 is 15.1 Å². The lowest BCUT2D eigenvalue weighted by molar-refractivity contribution is -0.132. The van der Waals surface area contributed by atoms with E-state index in [0.717, 1.165) is 81.9 Å². The average Bonchev–Trinajstić information content (AvgIpc) is 3.37. The summed E-state index contributed by atoms with van der Waals surface area (Å²) in [7, 11) is 0. The van der Waals surface area contributed by atoms with Crippen molar-refractivity contribution >= 4 is 5.91 Å². The molecule has 1 amide bonds. The van der Waals surface area contributed by atoms with Crippen LogP contribution in [0.4, 0.5) is 4.39 Å². The first-order chi connectivity index (χ1) is 23.3. The van der Waals surface area contributed by atoms with E-state index in [-0.39, 0.29) is 28.9 Å². The van der Waals surface area contributed by atoms with E-state index in [1.165, 1.54) is 50.5 Å². The van der Waals surface area contributed by atoms with Crippen LogP contribution in [0.5, 0.6) is 5.75 Å². The number of carbonyl (C=O) groups excluding carboxylic acids is 1. The van der Waals surface area contributed by atoms with Gasteiger partial charge in [0.2, 0.25) is 5.91 Å². The Hall–Kier alpha value is -2.40. The van der Waals surface area contributed by atoms with Crippen molar-refractivity contribution in [2.45, 2.75) is 161 Å². The second-order valence-corrected chi connectivity index (χ2v) is 16.0. The van der Waals surface area contributed by atoms with Crippen molar-refractivity contribution in [3.05, 3.63) is 65.2 Å². The van der Waals surface area contributed by atoms with E-state index in [9.17, 15) is 15.0 Å². The highest BCUT2D eigenvalue weighted by Crippen LogP contribution is 2.63. The van der Waals surface area contributed by atoms with Gasteiger partial charge in [-0.05, 0) is 96.9 Å². The molecular weight excluding hydrogens is 597 g/mol. The van der Waals surface area contributed by atoms with E-state index in [0.29, 0.717) is 31.2 Å². The molecule has 2 fully saturated rings. The summed E-state index contributed by atoms with van der Waals surface area (Å²) < 4.78 is 16.1. The zero-order chi connectivity index (χ0) is 33.9. The summed E-state index contributed by atoms with van der Waals surface area (Å²) in [5, 5.41) is 21.2. The van der Waals surface area contributed by atoms with Gasteiger partial charge in [0.25, 0.3) is 0 Å². The molecule has 0 heterocycles. The number of alkyl halides is 1. The van der Waals surface area contributed by atoms with Crippen molar-refractivity contribution in [1.29, 1.82) is 0 Å². The summed E-state index contributed by atoms with van der Waals surface area (Å²) in [6.45, 7) is 5.88. The van der Waals surface area contributed by atoms with Crippen LogP contribution in [0.3, 0.4) is 0 Å². The molecule has 0 aliphatic heterocycles. The van der Waals surface area contributed by atoms with E-state index in [1.54, 1.807) is 6.07 Å². The number of nitrogens with zero attached hydrogens (tertiary/aromatic N) is 1. The second kappa shape index (κ2) is 18.0. The lowest BCUT2D eigenvalue weighted by atomic mass is 9.51. The number of phenols is 1. The molecule has 2 aromatic rings. The summed E-state index contributed by atoms with van der Waals surface area (Å²) in [5.74, 6) is 1.38. The van der Waals surface area contributed by atoms with Gasteiger partial charge >= 0.3 is 0 Å². The number of halogens is 1. The maximum absolute atomic E-state index is 16.1. The zero-order valence-electron chi connectivity index (χ0n) is 30.1. The van der Waals surface area contributed by atoms with Gasteiger partial charge in [-0.3, -0.25) is 4.79 Å². The fraction of sp³-hybridized carbons (Fsp3) is 0.698. The molecule has 6 unspecified atom stereocenters. The Morgan fingerprint density at radius 1 is 0.896 bits per heavy atom. The van der Waals surface area contributed by atoms with Crippen LogP contribution in [0.15, 0.2) is 48.5 Å². The number of aliphatic hydroxyl groups excluding tert-OH is 1. The topological polar surface area (TPSA) is 60.8 Å². The first kappa shape index (κ1) is 36.9. The summed E-state index contributed by atoms with van der Waals surface area (Å²) in [4.78, 5) is 15.5. The molecule has 0 bridgehead atoms.